The molecule has 2 aromatic heterocycles. The quantitative estimate of drug-likeness (QED) is 0.908. The first-order valence-corrected chi connectivity index (χ1v) is 7.03. The van der Waals surface area contributed by atoms with Crippen molar-refractivity contribution in [3.05, 3.63) is 52.5 Å². The van der Waals surface area contributed by atoms with Crippen molar-refractivity contribution in [1.82, 2.24) is 19.4 Å². The van der Waals surface area contributed by atoms with E-state index in [1.807, 2.05) is 17.7 Å². The van der Waals surface area contributed by atoms with Gasteiger partial charge in [0.1, 0.15) is 5.82 Å². The molecule has 0 aliphatic carbocycles. The predicted octanol–water partition coefficient (Wildman–Crippen LogP) is 1.58. The number of pyridine rings is 1. The van der Waals surface area contributed by atoms with Crippen LogP contribution in [0.3, 0.4) is 0 Å². The fourth-order valence-electron chi connectivity index (χ4n) is 2.12. The van der Waals surface area contributed by atoms with E-state index in [2.05, 4.69) is 24.1 Å². The van der Waals surface area contributed by atoms with Crippen LogP contribution in [0.4, 0.5) is 0 Å². The molecule has 0 aliphatic rings. The van der Waals surface area contributed by atoms with Gasteiger partial charge in [0, 0.05) is 42.8 Å². The van der Waals surface area contributed by atoms with Gasteiger partial charge in [0.25, 0.3) is 11.5 Å². The Morgan fingerprint density at radius 1 is 1.38 bits per heavy atom. The number of imidazole rings is 1. The summed E-state index contributed by atoms with van der Waals surface area (Å²) >= 11 is 0. The van der Waals surface area contributed by atoms with E-state index in [0.717, 1.165) is 5.82 Å². The van der Waals surface area contributed by atoms with E-state index in [1.165, 1.54) is 6.07 Å². The highest BCUT2D eigenvalue weighted by Gasteiger charge is 2.10. The monoisotopic (exact) mass is 288 g/mol. The summed E-state index contributed by atoms with van der Waals surface area (Å²) in [6.07, 6.45) is 5.23. The maximum absolute atomic E-state index is 12.1. The molecule has 2 rings (SSSR count). The standard InChI is InChI=1S/C15H20N4O2/c1-4-18-7-5-12(9-14(18)20)15(21)17-10-13-16-6-8-19(13)11(2)3/h5-9,11H,4,10H2,1-3H3,(H,17,21). The van der Waals surface area contributed by atoms with Crippen molar-refractivity contribution in [2.75, 3.05) is 0 Å². The third-order valence-electron chi connectivity index (χ3n) is 3.31. The van der Waals surface area contributed by atoms with Crippen molar-refractivity contribution in [2.45, 2.75) is 39.9 Å². The number of amides is 1. The SMILES string of the molecule is CCn1ccc(C(=O)NCc2nccn2C(C)C)cc1=O. The smallest absolute Gasteiger partial charge is 0.251 e. The number of carbonyl (C=O) groups excluding carboxylic acids is 1. The van der Waals surface area contributed by atoms with Gasteiger partial charge in [-0.3, -0.25) is 9.59 Å². The van der Waals surface area contributed by atoms with Crippen LogP contribution >= 0.6 is 0 Å². The van der Waals surface area contributed by atoms with E-state index in [1.54, 1.807) is 23.0 Å². The highest BCUT2D eigenvalue weighted by Crippen LogP contribution is 2.07. The first-order valence-electron chi connectivity index (χ1n) is 7.03. The Morgan fingerprint density at radius 3 is 2.76 bits per heavy atom. The molecule has 1 amide bonds. The van der Waals surface area contributed by atoms with Gasteiger partial charge in [0.15, 0.2) is 0 Å². The molecule has 6 nitrogen and oxygen atoms in total. The number of aryl methyl sites for hydroxylation is 1. The van der Waals surface area contributed by atoms with E-state index in [-0.39, 0.29) is 17.5 Å². The zero-order valence-corrected chi connectivity index (χ0v) is 12.5. The van der Waals surface area contributed by atoms with E-state index < -0.39 is 0 Å². The third-order valence-corrected chi connectivity index (χ3v) is 3.31. The Hall–Kier alpha value is -2.37. The van der Waals surface area contributed by atoms with Gasteiger partial charge in [-0.05, 0) is 26.8 Å². The normalized spacial score (nSPS) is 10.9. The summed E-state index contributed by atoms with van der Waals surface area (Å²) in [5.74, 6) is 0.522. The predicted molar refractivity (Wildman–Crippen MR) is 80.2 cm³/mol. The van der Waals surface area contributed by atoms with Crippen LogP contribution < -0.4 is 10.9 Å². The van der Waals surface area contributed by atoms with Gasteiger partial charge in [0.05, 0.1) is 6.54 Å². The first-order chi connectivity index (χ1) is 10.0. The summed E-state index contributed by atoms with van der Waals surface area (Å²) in [6.45, 7) is 6.91. The molecular formula is C15H20N4O2. The van der Waals surface area contributed by atoms with Crippen LogP contribution in [-0.4, -0.2) is 20.0 Å². The van der Waals surface area contributed by atoms with Crippen molar-refractivity contribution >= 4 is 5.91 Å². The van der Waals surface area contributed by atoms with Crippen molar-refractivity contribution in [3.63, 3.8) is 0 Å². The molecule has 0 saturated carbocycles. The van der Waals surface area contributed by atoms with Crippen LogP contribution in [0, 0.1) is 0 Å². The van der Waals surface area contributed by atoms with Crippen molar-refractivity contribution in [3.8, 4) is 0 Å². The lowest BCUT2D eigenvalue weighted by atomic mass is 10.2. The highest BCUT2D eigenvalue weighted by molar-refractivity contribution is 5.93. The minimum Gasteiger partial charge on any atom is -0.345 e. The van der Waals surface area contributed by atoms with Crippen molar-refractivity contribution in [2.24, 2.45) is 0 Å². The van der Waals surface area contributed by atoms with Crippen molar-refractivity contribution < 1.29 is 4.79 Å². The molecule has 1 N–H and O–H groups in total. The number of hydrogen-bond donors (Lipinski definition) is 1. The molecule has 21 heavy (non-hydrogen) atoms. The average molecular weight is 288 g/mol. The Balaban J connectivity index is 2.06. The van der Waals surface area contributed by atoms with Gasteiger partial charge in [-0.25, -0.2) is 4.98 Å². The van der Waals surface area contributed by atoms with Gasteiger partial charge in [-0.1, -0.05) is 0 Å². The lowest BCUT2D eigenvalue weighted by molar-refractivity contribution is 0.0949. The molecule has 2 aromatic rings. The molecule has 0 aromatic carbocycles. The summed E-state index contributed by atoms with van der Waals surface area (Å²) in [6, 6.07) is 3.29. The molecule has 0 spiro atoms. The van der Waals surface area contributed by atoms with E-state index in [4.69, 9.17) is 0 Å². The van der Waals surface area contributed by atoms with E-state index in [0.29, 0.717) is 18.7 Å². The second-order valence-corrected chi connectivity index (χ2v) is 5.07. The highest BCUT2D eigenvalue weighted by atomic mass is 16.2. The molecule has 0 atom stereocenters. The van der Waals surface area contributed by atoms with Gasteiger partial charge in [-0.15, -0.1) is 0 Å². The fraction of sp³-hybridized carbons (Fsp3) is 0.400. The summed E-state index contributed by atoms with van der Waals surface area (Å²) in [5, 5.41) is 2.79. The third kappa shape index (κ3) is 3.39. The molecule has 112 valence electrons. The largest absolute Gasteiger partial charge is 0.345 e. The van der Waals surface area contributed by atoms with Crippen LogP contribution in [0.15, 0.2) is 35.5 Å². The summed E-state index contributed by atoms with van der Waals surface area (Å²) in [4.78, 5) is 28.0. The van der Waals surface area contributed by atoms with Gasteiger partial charge in [-0.2, -0.15) is 0 Å². The molecule has 2 heterocycles. The summed E-state index contributed by atoms with van der Waals surface area (Å²) < 4.78 is 3.54. The number of aromatic nitrogens is 3. The van der Waals surface area contributed by atoms with Crippen LogP contribution in [-0.2, 0) is 13.1 Å². The minimum atomic E-state index is -0.270. The Bertz CT molecular complexity index is 685. The zero-order valence-electron chi connectivity index (χ0n) is 12.5. The average Bonchev–Trinajstić information content (AvgIpc) is 2.93. The zero-order chi connectivity index (χ0) is 15.4. The molecule has 6 heteroatoms. The van der Waals surface area contributed by atoms with Gasteiger partial charge >= 0.3 is 0 Å². The van der Waals surface area contributed by atoms with E-state index >= 15 is 0 Å². The van der Waals surface area contributed by atoms with E-state index in [9.17, 15) is 9.59 Å². The molecule has 0 fully saturated rings. The molecular weight excluding hydrogens is 268 g/mol. The van der Waals surface area contributed by atoms with Crippen LogP contribution in [0.2, 0.25) is 0 Å². The number of nitrogens with zero attached hydrogens (tertiary/aromatic N) is 3. The number of rotatable bonds is 5. The number of carbonyl (C=O) groups is 1. The summed E-state index contributed by atoms with van der Waals surface area (Å²) in [5.41, 5.74) is 0.196. The maximum Gasteiger partial charge on any atom is 0.251 e. The second-order valence-electron chi connectivity index (χ2n) is 5.07. The summed E-state index contributed by atoms with van der Waals surface area (Å²) in [7, 11) is 0. The fourth-order valence-corrected chi connectivity index (χ4v) is 2.12. The molecule has 0 saturated heterocycles. The van der Waals surface area contributed by atoms with Gasteiger partial charge < -0.3 is 14.5 Å². The molecule has 0 bridgehead atoms. The van der Waals surface area contributed by atoms with Gasteiger partial charge in [0.2, 0.25) is 0 Å². The van der Waals surface area contributed by atoms with Crippen LogP contribution in [0.1, 0.15) is 43.0 Å². The van der Waals surface area contributed by atoms with Crippen LogP contribution in [0.5, 0.6) is 0 Å². The van der Waals surface area contributed by atoms with Crippen molar-refractivity contribution in [1.29, 1.82) is 0 Å². The minimum absolute atomic E-state index is 0.172. The molecule has 0 radical (unpaired) electrons. The van der Waals surface area contributed by atoms with Crippen LogP contribution in [0.25, 0.3) is 0 Å². The molecule has 0 unspecified atom stereocenters. The number of nitrogens with one attached hydrogen (secondary N) is 1. The Labute approximate surface area is 123 Å². The topological polar surface area (TPSA) is 68.9 Å². The lowest BCUT2D eigenvalue weighted by Crippen LogP contribution is -2.27. The second kappa shape index (κ2) is 6.39. The molecule has 0 aliphatic heterocycles. The first kappa shape index (κ1) is 15.0. The Morgan fingerprint density at radius 2 is 2.14 bits per heavy atom. The number of hydrogen-bond acceptors (Lipinski definition) is 3. The Kier molecular flexibility index (Phi) is 4.57. The lowest BCUT2D eigenvalue weighted by Gasteiger charge is -2.12. The maximum atomic E-state index is 12.1.